The van der Waals surface area contributed by atoms with Crippen molar-refractivity contribution in [2.45, 2.75) is 334 Å². The Hall–Kier alpha value is -1.91. The average Bonchev–Trinajstić information content (AvgIpc) is 3.34. The molecule has 0 aromatic carbocycles. The van der Waals surface area contributed by atoms with E-state index in [0.29, 0.717) is 6.42 Å². The van der Waals surface area contributed by atoms with Gasteiger partial charge in [-0.2, -0.15) is 0 Å². The van der Waals surface area contributed by atoms with Gasteiger partial charge in [0.15, 0.2) is 0 Å². The molecule has 0 saturated heterocycles. The number of amides is 1. The van der Waals surface area contributed by atoms with Crippen LogP contribution >= 0.6 is 0 Å². The molecule has 0 radical (unpaired) electrons. The second kappa shape index (κ2) is 59.4. The predicted molar refractivity (Wildman–Crippen MR) is 304 cm³/mol. The molecule has 0 aliphatic heterocycles. The van der Waals surface area contributed by atoms with Gasteiger partial charge in [-0.1, -0.05) is 299 Å². The summed E-state index contributed by atoms with van der Waals surface area (Å²) in [7, 11) is 0. The van der Waals surface area contributed by atoms with E-state index in [2.05, 4.69) is 67.8 Å². The molecular weight excluding hydrogens is 831 g/mol. The number of rotatable bonds is 56. The first-order valence-electron chi connectivity index (χ1n) is 30.5. The zero-order valence-corrected chi connectivity index (χ0v) is 45.9. The Bertz CT molecular complexity index is 1120. The van der Waals surface area contributed by atoms with Crippen molar-refractivity contribution in [2.75, 3.05) is 6.61 Å². The van der Waals surface area contributed by atoms with Gasteiger partial charge >= 0.3 is 0 Å². The lowest BCUT2D eigenvalue weighted by atomic mass is 10.0. The number of allylic oxidation sites excluding steroid dienone is 9. The zero-order chi connectivity index (χ0) is 49.2. The van der Waals surface area contributed by atoms with E-state index < -0.39 is 12.1 Å². The maximum atomic E-state index is 12.5. The Labute approximate surface area is 426 Å². The molecule has 4 nitrogen and oxygen atoms in total. The fourth-order valence-corrected chi connectivity index (χ4v) is 9.30. The van der Waals surface area contributed by atoms with E-state index in [1.54, 1.807) is 6.08 Å². The smallest absolute Gasteiger partial charge is 0.220 e. The molecule has 4 heteroatoms. The number of carbonyl (C=O) groups excluding carboxylic acids is 1. The molecule has 0 fully saturated rings. The number of unbranched alkanes of at least 4 members (excludes halogenated alkanes) is 41. The van der Waals surface area contributed by atoms with E-state index in [-0.39, 0.29) is 12.5 Å². The standard InChI is InChI=1S/C64H119NO3/c1-3-5-7-9-11-13-15-17-19-21-23-25-27-28-29-30-31-32-33-34-35-36-38-39-41-43-45-47-49-51-53-55-57-59-63(67)62(61-66)65-64(68)60-58-56-54-52-50-48-46-44-42-40-37-26-24-22-20-18-16-14-12-10-8-6-4-2/h16,18,22,24,41,43,49,51,57,59,62-63,66-67H,3-15,17,19-21,23,25-40,42,44-48,50,52-56,58,60-61H2,1-2H3,(H,65,68)/b18-16-,24-22-,43-41+,51-49+,59-57+. The normalized spacial score (nSPS) is 13.2. The molecular formula is C64H119NO3. The van der Waals surface area contributed by atoms with Crippen LogP contribution in [-0.4, -0.2) is 34.9 Å². The summed E-state index contributed by atoms with van der Waals surface area (Å²) in [5, 5.41) is 23.2. The van der Waals surface area contributed by atoms with Gasteiger partial charge in [-0.15, -0.1) is 0 Å². The molecule has 3 N–H and O–H groups in total. The Morgan fingerprint density at radius 1 is 0.353 bits per heavy atom. The monoisotopic (exact) mass is 950 g/mol. The van der Waals surface area contributed by atoms with Crippen LogP contribution in [0.1, 0.15) is 322 Å². The van der Waals surface area contributed by atoms with E-state index in [1.165, 1.54) is 257 Å². The Morgan fingerprint density at radius 3 is 0.941 bits per heavy atom. The summed E-state index contributed by atoms with van der Waals surface area (Å²) in [6.07, 6.45) is 84.1. The minimum absolute atomic E-state index is 0.0783. The predicted octanol–water partition coefficient (Wildman–Crippen LogP) is 20.4. The quantitative estimate of drug-likeness (QED) is 0.0420. The highest BCUT2D eigenvalue weighted by molar-refractivity contribution is 5.76. The first-order chi connectivity index (χ1) is 33.7. The molecule has 2 atom stereocenters. The number of aliphatic hydroxyl groups is 2. The van der Waals surface area contributed by atoms with Crippen molar-refractivity contribution in [2.24, 2.45) is 0 Å². The number of hydrogen-bond acceptors (Lipinski definition) is 3. The maximum absolute atomic E-state index is 12.5. The summed E-state index contributed by atoms with van der Waals surface area (Å²) < 4.78 is 0. The highest BCUT2D eigenvalue weighted by Crippen LogP contribution is 2.17. The van der Waals surface area contributed by atoms with Crippen LogP contribution in [0.2, 0.25) is 0 Å². The van der Waals surface area contributed by atoms with Crippen molar-refractivity contribution < 1.29 is 15.0 Å². The molecule has 0 aliphatic carbocycles. The van der Waals surface area contributed by atoms with Crippen LogP contribution in [0.5, 0.6) is 0 Å². The molecule has 0 saturated carbocycles. The van der Waals surface area contributed by atoms with Crippen molar-refractivity contribution in [3.63, 3.8) is 0 Å². The van der Waals surface area contributed by atoms with Crippen LogP contribution in [0.4, 0.5) is 0 Å². The maximum Gasteiger partial charge on any atom is 0.220 e. The lowest BCUT2D eigenvalue weighted by Crippen LogP contribution is -2.45. The summed E-state index contributed by atoms with van der Waals surface area (Å²) in [6, 6.07) is -0.650. The zero-order valence-electron chi connectivity index (χ0n) is 45.9. The SMILES string of the molecule is CCCCCCC/C=C\C/C=C\CCCCCCCCCCCCCC(=O)NC(CO)C(O)/C=C/CC/C=C/CC/C=C/CCCCCCCCCCCCCCCCCCCCCCCCC. The van der Waals surface area contributed by atoms with E-state index >= 15 is 0 Å². The third kappa shape index (κ3) is 55.0. The van der Waals surface area contributed by atoms with Gasteiger partial charge in [0.25, 0.3) is 0 Å². The third-order valence-electron chi connectivity index (χ3n) is 14.0. The molecule has 0 aromatic rings. The summed E-state index contributed by atoms with van der Waals surface area (Å²) in [5.41, 5.74) is 0. The second-order valence-electron chi connectivity index (χ2n) is 20.7. The number of carbonyl (C=O) groups is 1. The first kappa shape index (κ1) is 66.1. The lowest BCUT2D eigenvalue weighted by molar-refractivity contribution is -0.123. The molecule has 0 aliphatic rings. The molecule has 0 spiro atoms. The van der Waals surface area contributed by atoms with Gasteiger partial charge in [0.05, 0.1) is 18.8 Å². The van der Waals surface area contributed by atoms with E-state index in [4.69, 9.17) is 0 Å². The van der Waals surface area contributed by atoms with Crippen molar-refractivity contribution >= 4 is 5.91 Å². The van der Waals surface area contributed by atoms with Crippen LogP contribution in [-0.2, 0) is 4.79 Å². The van der Waals surface area contributed by atoms with Crippen LogP contribution in [0, 0.1) is 0 Å². The fraction of sp³-hybridized carbons (Fsp3) is 0.828. The van der Waals surface area contributed by atoms with Gasteiger partial charge in [0, 0.05) is 6.42 Å². The fourth-order valence-electron chi connectivity index (χ4n) is 9.30. The van der Waals surface area contributed by atoms with Crippen molar-refractivity contribution in [1.82, 2.24) is 5.32 Å². The topological polar surface area (TPSA) is 69.6 Å². The van der Waals surface area contributed by atoms with Gasteiger partial charge in [-0.25, -0.2) is 0 Å². The van der Waals surface area contributed by atoms with Crippen molar-refractivity contribution in [3.05, 3.63) is 60.8 Å². The highest BCUT2D eigenvalue weighted by atomic mass is 16.3. The van der Waals surface area contributed by atoms with E-state index in [1.807, 2.05) is 6.08 Å². The molecule has 2 unspecified atom stereocenters. The Kier molecular flexibility index (Phi) is 57.7. The van der Waals surface area contributed by atoms with Gasteiger partial charge in [-0.05, 0) is 77.0 Å². The number of hydrogen-bond donors (Lipinski definition) is 3. The highest BCUT2D eigenvalue weighted by Gasteiger charge is 2.18. The Morgan fingerprint density at radius 2 is 0.618 bits per heavy atom. The molecule has 1 amide bonds. The molecule has 68 heavy (non-hydrogen) atoms. The van der Waals surface area contributed by atoms with Crippen LogP contribution < -0.4 is 5.32 Å². The summed E-state index contributed by atoms with van der Waals surface area (Å²) in [4.78, 5) is 12.5. The average molecular weight is 951 g/mol. The first-order valence-corrected chi connectivity index (χ1v) is 30.5. The second-order valence-corrected chi connectivity index (χ2v) is 20.7. The van der Waals surface area contributed by atoms with Gasteiger partial charge < -0.3 is 15.5 Å². The largest absolute Gasteiger partial charge is 0.394 e. The number of aliphatic hydroxyl groups excluding tert-OH is 2. The summed E-state index contributed by atoms with van der Waals surface area (Å²) >= 11 is 0. The third-order valence-corrected chi connectivity index (χ3v) is 14.0. The van der Waals surface area contributed by atoms with Crippen molar-refractivity contribution in [1.29, 1.82) is 0 Å². The van der Waals surface area contributed by atoms with Gasteiger partial charge in [0.1, 0.15) is 0 Å². The van der Waals surface area contributed by atoms with Crippen LogP contribution in [0.3, 0.4) is 0 Å². The molecule has 0 heterocycles. The van der Waals surface area contributed by atoms with E-state index in [9.17, 15) is 15.0 Å². The summed E-state index contributed by atoms with van der Waals surface area (Å²) in [5.74, 6) is -0.0783. The lowest BCUT2D eigenvalue weighted by Gasteiger charge is -2.19. The molecule has 0 bridgehead atoms. The van der Waals surface area contributed by atoms with Gasteiger partial charge in [0.2, 0.25) is 5.91 Å². The van der Waals surface area contributed by atoms with Crippen LogP contribution in [0.15, 0.2) is 60.8 Å². The van der Waals surface area contributed by atoms with Crippen LogP contribution in [0.25, 0.3) is 0 Å². The van der Waals surface area contributed by atoms with Gasteiger partial charge in [-0.3, -0.25) is 4.79 Å². The molecule has 398 valence electrons. The van der Waals surface area contributed by atoms with Crippen molar-refractivity contribution in [3.8, 4) is 0 Å². The van der Waals surface area contributed by atoms with E-state index in [0.717, 1.165) is 44.9 Å². The molecule has 0 aromatic heterocycles. The molecule has 0 rings (SSSR count). The minimum atomic E-state index is -0.875. The minimum Gasteiger partial charge on any atom is -0.394 e. The Balaban J connectivity index is 3.53. The number of nitrogens with one attached hydrogen (secondary N) is 1. The summed E-state index contributed by atoms with van der Waals surface area (Å²) in [6.45, 7) is 4.31.